The van der Waals surface area contributed by atoms with Gasteiger partial charge in [-0.25, -0.2) is 0 Å². The lowest BCUT2D eigenvalue weighted by Gasteiger charge is -2.35. The lowest BCUT2D eigenvalue weighted by molar-refractivity contribution is 0.190. The molecule has 2 rings (SSSR count). The lowest BCUT2D eigenvalue weighted by atomic mass is 9.83. The highest BCUT2D eigenvalue weighted by molar-refractivity contribution is 5.30. The predicted molar refractivity (Wildman–Crippen MR) is 71.4 cm³/mol. The van der Waals surface area contributed by atoms with Gasteiger partial charge in [0, 0.05) is 12.0 Å². The van der Waals surface area contributed by atoms with Gasteiger partial charge in [0.25, 0.3) is 0 Å². The summed E-state index contributed by atoms with van der Waals surface area (Å²) in [6.07, 6.45) is 4.06. The van der Waals surface area contributed by atoms with Crippen molar-refractivity contribution < 1.29 is 5.11 Å². The molecule has 0 unspecified atom stereocenters. The zero-order valence-electron chi connectivity index (χ0n) is 10.9. The van der Waals surface area contributed by atoms with Gasteiger partial charge in [0.2, 0.25) is 0 Å². The average molecular weight is 233 g/mol. The van der Waals surface area contributed by atoms with Crippen molar-refractivity contribution >= 4 is 0 Å². The fraction of sp³-hybridized carbons (Fsp3) is 0.600. The molecule has 0 radical (unpaired) electrons. The number of rotatable bonds is 3. The van der Waals surface area contributed by atoms with Gasteiger partial charge in [0.15, 0.2) is 0 Å². The van der Waals surface area contributed by atoms with Crippen molar-refractivity contribution in [2.75, 3.05) is 19.6 Å². The van der Waals surface area contributed by atoms with Crippen LogP contribution in [-0.2, 0) is 5.41 Å². The molecule has 1 aliphatic rings. The maximum atomic E-state index is 9.33. The van der Waals surface area contributed by atoms with Gasteiger partial charge in [-0.3, -0.25) is 0 Å². The minimum absolute atomic E-state index is 0.158. The molecule has 2 heteroatoms. The first kappa shape index (κ1) is 12.4. The van der Waals surface area contributed by atoms with E-state index in [2.05, 4.69) is 18.7 Å². The molecule has 0 bridgehead atoms. The van der Waals surface area contributed by atoms with Crippen LogP contribution in [0.5, 0.6) is 5.75 Å². The molecular formula is C15H23NO. The maximum absolute atomic E-state index is 9.33. The first-order valence-electron chi connectivity index (χ1n) is 6.60. The first-order chi connectivity index (χ1) is 8.08. The van der Waals surface area contributed by atoms with Crippen LogP contribution >= 0.6 is 0 Å². The molecule has 94 valence electrons. The van der Waals surface area contributed by atoms with E-state index in [1.54, 1.807) is 12.1 Å². The van der Waals surface area contributed by atoms with Gasteiger partial charge in [-0.15, -0.1) is 0 Å². The summed E-state index contributed by atoms with van der Waals surface area (Å²) in [6.45, 7) is 8.16. The number of piperidine rings is 1. The molecule has 1 fully saturated rings. The molecule has 1 aromatic carbocycles. The van der Waals surface area contributed by atoms with E-state index in [9.17, 15) is 5.11 Å². The Balaban J connectivity index is 2.04. The van der Waals surface area contributed by atoms with E-state index in [1.807, 2.05) is 12.1 Å². The average Bonchev–Trinajstić information content (AvgIpc) is 2.30. The summed E-state index contributed by atoms with van der Waals surface area (Å²) in [5.41, 5.74) is 1.46. The topological polar surface area (TPSA) is 23.5 Å². The Labute approximate surface area is 104 Å². The second-order valence-corrected chi connectivity index (χ2v) is 5.77. The SMILES string of the molecule is CC(C)(CN1CCCCC1)c1ccc(O)cc1. The fourth-order valence-electron chi connectivity index (χ4n) is 2.68. The van der Waals surface area contributed by atoms with E-state index >= 15 is 0 Å². The van der Waals surface area contributed by atoms with Crippen molar-refractivity contribution in [2.45, 2.75) is 38.5 Å². The molecule has 0 aromatic heterocycles. The van der Waals surface area contributed by atoms with Crippen LogP contribution in [0.15, 0.2) is 24.3 Å². The molecule has 1 heterocycles. The quantitative estimate of drug-likeness (QED) is 0.867. The van der Waals surface area contributed by atoms with Crippen molar-refractivity contribution in [3.8, 4) is 5.75 Å². The standard InChI is InChI=1S/C15H23NO/c1-15(2,12-16-10-4-3-5-11-16)13-6-8-14(17)9-7-13/h6-9,17H,3-5,10-12H2,1-2H3. The van der Waals surface area contributed by atoms with Gasteiger partial charge >= 0.3 is 0 Å². The Hall–Kier alpha value is -1.02. The molecular weight excluding hydrogens is 210 g/mol. The van der Waals surface area contributed by atoms with E-state index in [1.165, 1.54) is 37.9 Å². The third kappa shape index (κ3) is 3.22. The molecule has 0 amide bonds. The van der Waals surface area contributed by atoms with Gasteiger partial charge in [-0.05, 0) is 43.6 Å². The van der Waals surface area contributed by atoms with E-state index < -0.39 is 0 Å². The number of likely N-dealkylation sites (tertiary alicyclic amines) is 1. The molecule has 1 aliphatic heterocycles. The maximum Gasteiger partial charge on any atom is 0.115 e. The van der Waals surface area contributed by atoms with E-state index in [0.29, 0.717) is 5.75 Å². The second-order valence-electron chi connectivity index (χ2n) is 5.77. The molecule has 0 spiro atoms. The van der Waals surface area contributed by atoms with Gasteiger partial charge in [0.05, 0.1) is 0 Å². The van der Waals surface area contributed by atoms with Gasteiger partial charge in [0.1, 0.15) is 5.75 Å². The van der Waals surface area contributed by atoms with Crippen LogP contribution in [0.3, 0.4) is 0 Å². The molecule has 0 saturated carbocycles. The van der Waals surface area contributed by atoms with Crippen LogP contribution in [0, 0.1) is 0 Å². The zero-order chi connectivity index (χ0) is 12.3. The van der Waals surface area contributed by atoms with Crippen LogP contribution in [0.2, 0.25) is 0 Å². The molecule has 1 aromatic rings. The number of hydrogen-bond donors (Lipinski definition) is 1. The Morgan fingerprint density at radius 2 is 1.65 bits per heavy atom. The highest BCUT2D eigenvalue weighted by Crippen LogP contribution is 2.27. The minimum atomic E-state index is 0.158. The minimum Gasteiger partial charge on any atom is -0.508 e. The summed E-state index contributed by atoms with van der Waals surface area (Å²) in [7, 11) is 0. The van der Waals surface area contributed by atoms with Crippen molar-refractivity contribution in [1.29, 1.82) is 0 Å². The molecule has 17 heavy (non-hydrogen) atoms. The predicted octanol–water partition coefficient (Wildman–Crippen LogP) is 3.16. The molecule has 2 nitrogen and oxygen atoms in total. The van der Waals surface area contributed by atoms with E-state index in [-0.39, 0.29) is 5.41 Å². The normalized spacial score (nSPS) is 18.2. The fourth-order valence-corrected chi connectivity index (χ4v) is 2.68. The van der Waals surface area contributed by atoms with E-state index in [4.69, 9.17) is 0 Å². The van der Waals surface area contributed by atoms with Crippen LogP contribution in [0.4, 0.5) is 0 Å². The van der Waals surface area contributed by atoms with Gasteiger partial charge < -0.3 is 10.0 Å². The van der Waals surface area contributed by atoms with Crippen LogP contribution in [-0.4, -0.2) is 29.6 Å². The molecule has 1 saturated heterocycles. The summed E-state index contributed by atoms with van der Waals surface area (Å²) >= 11 is 0. The number of nitrogens with zero attached hydrogens (tertiary/aromatic N) is 1. The number of benzene rings is 1. The number of hydrogen-bond acceptors (Lipinski definition) is 2. The van der Waals surface area contributed by atoms with Gasteiger partial charge in [-0.1, -0.05) is 32.4 Å². The van der Waals surface area contributed by atoms with E-state index in [0.717, 1.165) is 6.54 Å². The summed E-state index contributed by atoms with van der Waals surface area (Å²) in [5.74, 6) is 0.350. The number of phenolic OH excluding ortho intramolecular Hbond substituents is 1. The highest BCUT2D eigenvalue weighted by atomic mass is 16.3. The summed E-state index contributed by atoms with van der Waals surface area (Å²) in [4.78, 5) is 2.57. The summed E-state index contributed by atoms with van der Waals surface area (Å²) in [5, 5.41) is 9.33. The molecule has 0 atom stereocenters. The van der Waals surface area contributed by atoms with Crippen molar-refractivity contribution in [3.63, 3.8) is 0 Å². The largest absolute Gasteiger partial charge is 0.508 e. The number of phenols is 1. The van der Waals surface area contributed by atoms with Crippen molar-refractivity contribution in [2.24, 2.45) is 0 Å². The van der Waals surface area contributed by atoms with Crippen LogP contribution < -0.4 is 0 Å². The Bertz CT molecular complexity index is 350. The lowest BCUT2D eigenvalue weighted by Crippen LogP contribution is -2.39. The highest BCUT2D eigenvalue weighted by Gasteiger charge is 2.24. The van der Waals surface area contributed by atoms with Crippen LogP contribution in [0.1, 0.15) is 38.7 Å². The third-order valence-electron chi connectivity index (χ3n) is 3.72. The molecule has 0 aliphatic carbocycles. The summed E-state index contributed by atoms with van der Waals surface area (Å²) in [6, 6.07) is 7.65. The Morgan fingerprint density at radius 3 is 2.24 bits per heavy atom. The monoisotopic (exact) mass is 233 g/mol. The number of aromatic hydroxyl groups is 1. The van der Waals surface area contributed by atoms with Crippen molar-refractivity contribution in [3.05, 3.63) is 29.8 Å². The van der Waals surface area contributed by atoms with Crippen LogP contribution in [0.25, 0.3) is 0 Å². The smallest absolute Gasteiger partial charge is 0.115 e. The Morgan fingerprint density at radius 1 is 1.06 bits per heavy atom. The Kier molecular flexibility index (Phi) is 3.72. The third-order valence-corrected chi connectivity index (χ3v) is 3.72. The zero-order valence-corrected chi connectivity index (χ0v) is 10.9. The van der Waals surface area contributed by atoms with Crippen molar-refractivity contribution in [1.82, 2.24) is 4.90 Å². The second kappa shape index (κ2) is 5.09. The molecule has 1 N–H and O–H groups in total. The first-order valence-corrected chi connectivity index (χ1v) is 6.60. The summed E-state index contributed by atoms with van der Waals surface area (Å²) < 4.78 is 0. The van der Waals surface area contributed by atoms with Gasteiger partial charge in [-0.2, -0.15) is 0 Å².